The molecule has 0 unspecified atom stereocenters. The number of nitrogens with one attached hydrogen (secondary N) is 1. The van der Waals surface area contributed by atoms with Crippen LogP contribution < -0.4 is 14.8 Å². The molecule has 0 radical (unpaired) electrons. The zero-order valence-corrected chi connectivity index (χ0v) is 15.4. The van der Waals surface area contributed by atoms with Crippen molar-refractivity contribution in [2.24, 2.45) is 0 Å². The number of thioether (sulfide) groups is 1. The average Bonchev–Trinajstić information content (AvgIpc) is 3.37. The molecule has 0 bridgehead atoms. The molecule has 28 heavy (non-hydrogen) atoms. The molecule has 2 aromatic carbocycles. The molecular formula is C19H14N4O4S. The molecule has 0 saturated carbocycles. The van der Waals surface area contributed by atoms with Crippen LogP contribution in [0.15, 0.2) is 52.1 Å². The number of para-hydroxylation sites is 1. The minimum atomic E-state index is -0.189. The van der Waals surface area contributed by atoms with Gasteiger partial charge in [-0.15, -0.1) is 10.2 Å². The maximum Gasteiger partial charge on any atom is 0.276 e. The summed E-state index contributed by atoms with van der Waals surface area (Å²) in [5.41, 5.74) is 1.66. The molecule has 1 aliphatic heterocycles. The van der Waals surface area contributed by atoms with Crippen LogP contribution in [0.2, 0.25) is 0 Å². The van der Waals surface area contributed by atoms with Crippen molar-refractivity contribution in [3.8, 4) is 29.0 Å². The Kier molecular flexibility index (Phi) is 5.12. The molecular weight excluding hydrogens is 380 g/mol. The van der Waals surface area contributed by atoms with Crippen LogP contribution in [0.4, 0.5) is 5.69 Å². The summed E-state index contributed by atoms with van der Waals surface area (Å²) in [5, 5.41) is 20.2. The molecule has 4 rings (SSSR count). The Hall–Kier alpha value is -3.51. The topological polar surface area (TPSA) is 110 Å². The van der Waals surface area contributed by atoms with Gasteiger partial charge in [-0.05, 0) is 30.3 Å². The van der Waals surface area contributed by atoms with Gasteiger partial charge in [0.05, 0.1) is 11.3 Å². The molecule has 0 fully saturated rings. The predicted molar refractivity (Wildman–Crippen MR) is 101 cm³/mol. The van der Waals surface area contributed by atoms with Gasteiger partial charge in [0.1, 0.15) is 6.07 Å². The van der Waals surface area contributed by atoms with Crippen molar-refractivity contribution in [2.45, 2.75) is 11.6 Å². The number of ether oxygens (including phenoxy) is 2. The third-order valence-electron chi connectivity index (χ3n) is 3.90. The second-order valence-corrected chi connectivity index (χ2v) is 6.79. The summed E-state index contributed by atoms with van der Waals surface area (Å²) < 4.78 is 16.3. The molecule has 3 aromatic rings. The number of anilines is 1. The van der Waals surface area contributed by atoms with Crippen LogP contribution in [0.3, 0.4) is 0 Å². The summed E-state index contributed by atoms with van der Waals surface area (Å²) in [6, 6.07) is 14.3. The summed E-state index contributed by atoms with van der Waals surface area (Å²) in [4.78, 5) is 12.1. The van der Waals surface area contributed by atoms with E-state index in [0.29, 0.717) is 39.6 Å². The fourth-order valence-corrected chi connectivity index (χ4v) is 3.25. The predicted octanol–water partition coefficient (Wildman–Crippen LogP) is 3.46. The first-order valence-corrected chi connectivity index (χ1v) is 9.37. The quantitative estimate of drug-likeness (QED) is 0.633. The second kappa shape index (κ2) is 8.02. The number of benzene rings is 2. The Morgan fingerprint density at radius 2 is 2.04 bits per heavy atom. The zero-order chi connectivity index (χ0) is 19.3. The van der Waals surface area contributed by atoms with Crippen LogP contribution in [0.1, 0.15) is 12.0 Å². The summed E-state index contributed by atoms with van der Waals surface area (Å²) in [5.74, 6) is 1.96. The number of hydrogen-bond donors (Lipinski definition) is 1. The number of carbonyl (C=O) groups is 1. The second-order valence-electron chi connectivity index (χ2n) is 5.75. The lowest BCUT2D eigenvalue weighted by Crippen LogP contribution is -2.13. The monoisotopic (exact) mass is 394 g/mol. The van der Waals surface area contributed by atoms with Crippen molar-refractivity contribution < 1.29 is 18.7 Å². The number of rotatable bonds is 6. The smallest absolute Gasteiger partial charge is 0.276 e. The average molecular weight is 394 g/mol. The van der Waals surface area contributed by atoms with Crippen LogP contribution in [0.5, 0.6) is 11.5 Å². The summed E-state index contributed by atoms with van der Waals surface area (Å²) in [6.07, 6.45) is 0.242. The Balaban J connectivity index is 1.31. The van der Waals surface area contributed by atoms with Crippen molar-refractivity contribution in [1.29, 1.82) is 5.26 Å². The van der Waals surface area contributed by atoms with Crippen molar-refractivity contribution >= 4 is 23.4 Å². The van der Waals surface area contributed by atoms with Gasteiger partial charge in [0.2, 0.25) is 18.6 Å². The van der Waals surface area contributed by atoms with E-state index in [-0.39, 0.29) is 19.1 Å². The van der Waals surface area contributed by atoms with E-state index in [0.717, 1.165) is 5.56 Å². The fourth-order valence-electron chi connectivity index (χ4n) is 2.55. The Morgan fingerprint density at radius 3 is 2.93 bits per heavy atom. The molecule has 1 aliphatic rings. The standard InChI is InChI=1S/C19H14N4O4S/c20-10-13-3-1-2-4-14(13)21-17(24)7-8-28-19-23-22-18(27-19)12-5-6-15-16(9-12)26-11-25-15/h1-6,9H,7-8,11H2,(H,21,24). The van der Waals surface area contributed by atoms with Crippen LogP contribution in [-0.2, 0) is 4.79 Å². The molecule has 1 amide bonds. The molecule has 2 heterocycles. The molecule has 1 aromatic heterocycles. The summed E-state index contributed by atoms with van der Waals surface area (Å²) in [6.45, 7) is 0.199. The van der Waals surface area contributed by atoms with Gasteiger partial charge in [0.25, 0.3) is 5.22 Å². The lowest BCUT2D eigenvalue weighted by molar-refractivity contribution is -0.115. The summed E-state index contributed by atoms with van der Waals surface area (Å²) >= 11 is 1.29. The van der Waals surface area contributed by atoms with Gasteiger partial charge >= 0.3 is 0 Å². The molecule has 0 aliphatic carbocycles. The Labute approximate surface area is 164 Å². The number of nitriles is 1. The molecule has 8 nitrogen and oxygen atoms in total. The number of amides is 1. The fraction of sp³-hybridized carbons (Fsp3) is 0.158. The third-order valence-corrected chi connectivity index (χ3v) is 4.72. The van der Waals surface area contributed by atoms with Gasteiger partial charge in [-0.1, -0.05) is 23.9 Å². The van der Waals surface area contributed by atoms with Gasteiger partial charge in [-0.25, -0.2) is 0 Å². The third kappa shape index (κ3) is 3.92. The Bertz CT molecular complexity index is 1060. The first kappa shape index (κ1) is 17.9. The highest BCUT2D eigenvalue weighted by molar-refractivity contribution is 7.99. The summed E-state index contributed by atoms with van der Waals surface area (Å²) in [7, 11) is 0. The van der Waals surface area contributed by atoms with Crippen molar-refractivity contribution in [1.82, 2.24) is 10.2 Å². The minimum absolute atomic E-state index is 0.189. The van der Waals surface area contributed by atoms with Crippen molar-refractivity contribution in [3.63, 3.8) is 0 Å². The zero-order valence-electron chi connectivity index (χ0n) is 14.5. The lowest BCUT2D eigenvalue weighted by Gasteiger charge is -2.05. The lowest BCUT2D eigenvalue weighted by atomic mass is 10.2. The largest absolute Gasteiger partial charge is 0.454 e. The molecule has 1 N–H and O–H groups in total. The normalized spacial score (nSPS) is 11.8. The number of hydrogen-bond acceptors (Lipinski definition) is 8. The van der Waals surface area contributed by atoms with Gasteiger partial charge in [0.15, 0.2) is 11.5 Å². The van der Waals surface area contributed by atoms with E-state index in [1.807, 2.05) is 12.1 Å². The van der Waals surface area contributed by atoms with E-state index in [4.69, 9.17) is 19.2 Å². The first-order valence-electron chi connectivity index (χ1n) is 8.38. The first-order chi connectivity index (χ1) is 13.7. The van der Waals surface area contributed by atoms with Crippen LogP contribution >= 0.6 is 11.8 Å². The van der Waals surface area contributed by atoms with Crippen LogP contribution in [0.25, 0.3) is 11.5 Å². The number of nitrogens with zero attached hydrogens (tertiary/aromatic N) is 3. The van der Waals surface area contributed by atoms with E-state index in [1.165, 1.54) is 11.8 Å². The van der Waals surface area contributed by atoms with E-state index in [1.54, 1.807) is 36.4 Å². The Morgan fingerprint density at radius 1 is 1.18 bits per heavy atom. The maximum atomic E-state index is 12.1. The van der Waals surface area contributed by atoms with Crippen LogP contribution in [-0.4, -0.2) is 28.7 Å². The number of aromatic nitrogens is 2. The van der Waals surface area contributed by atoms with Crippen molar-refractivity contribution in [3.05, 3.63) is 48.0 Å². The molecule has 0 atom stereocenters. The molecule has 0 spiro atoms. The highest BCUT2D eigenvalue weighted by Crippen LogP contribution is 2.36. The van der Waals surface area contributed by atoms with Gasteiger partial charge < -0.3 is 19.2 Å². The van der Waals surface area contributed by atoms with Gasteiger partial charge in [0, 0.05) is 17.7 Å². The van der Waals surface area contributed by atoms with Crippen LogP contribution in [0, 0.1) is 11.3 Å². The van der Waals surface area contributed by atoms with Gasteiger partial charge in [-0.2, -0.15) is 5.26 Å². The van der Waals surface area contributed by atoms with Crippen molar-refractivity contribution in [2.75, 3.05) is 17.9 Å². The van der Waals surface area contributed by atoms with E-state index in [9.17, 15) is 4.79 Å². The van der Waals surface area contributed by atoms with E-state index < -0.39 is 0 Å². The van der Waals surface area contributed by atoms with E-state index in [2.05, 4.69) is 15.5 Å². The maximum absolute atomic E-state index is 12.1. The molecule has 0 saturated heterocycles. The highest BCUT2D eigenvalue weighted by atomic mass is 32.2. The van der Waals surface area contributed by atoms with Gasteiger partial charge in [-0.3, -0.25) is 4.79 Å². The highest BCUT2D eigenvalue weighted by Gasteiger charge is 2.17. The minimum Gasteiger partial charge on any atom is -0.454 e. The molecule has 140 valence electrons. The number of carbonyl (C=O) groups excluding carboxylic acids is 1. The SMILES string of the molecule is N#Cc1ccccc1NC(=O)CCSc1nnc(-c2ccc3c(c2)OCO3)o1. The number of fused-ring (bicyclic) bond motifs is 1. The van der Waals surface area contributed by atoms with E-state index >= 15 is 0 Å². The molecule has 9 heteroatoms.